The number of ether oxygens (including phenoxy) is 2. The van der Waals surface area contributed by atoms with E-state index in [4.69, 9.17) is 14.0 Å². The first-order valence-electron chi connectivity index (χ1n) is 9.49. The van der Waals surface area contributed by atoms with Crippen LogP contribution in [0.2, 0.25) is 0 Å². The van der Waals surface area contributed by atoms with Gasteiger partial charge in [-0.05, 0) is 23.8 Å². The van der Waals surface area contributed by atoms with E-state index in [0.29, 0.717) is 22.8 Å². The van der Waals surface area contributed by atoms with Crippen molar-refractivity contribution in [1.82, 2.24) is 15.4 Å². The highest BCUT2D eigenvalue weighted by Crippen LogP contribution is 2.29. The lowest BCUT2D eigenvalue weighted by Gasteiger charge is -2.15. The van der Waals surface area contributed by atoms with E-state index >= 15 is 0 Å². The first-order valence-corrected chi connectivity index (χ1v) is 9.49. The van der Waals surface area contributed by atoms with Gasteiger partial charge >= 0.3 is 12.0 Å². The van der Waals surface area contributed by atoms with Crippen LogP contribution in [0.15, 0.2) is 59.1 Å². The maximum absolute atomic E-state index is 12.6. The molecule has 2 heterocycles. The monoisotopic (exact) mass is 421 g/mol. The fourth-order valence-corrected chi connectivity index (χ4v) is 3.22. The number of rotatable bonds is 7. The smallest absolute Gasteiger partial charge is 0.338 e. The number of hydrogen-bond donors (Lipinski definition) is 1. The summed E-state index contributed by atoms with van der Waals surface area (Å²) in [7, 11) is 1.57. The largest absolute Gasteiger partial charge is 0.496 e. The summed E-state index contributed by atoms with van der Waals surface area (Å²) < 4.78 is 16.0. The highest BCUT2D eigenvalue weighted by molar-refractivity contribution is 6.02. The zero-order chi connectivity index (χ0) is 21.8. The topological polar surface area (TPSA) is 111 Å². The Morgan fingerprint density at radius 3 is 2.71 bits per heavy atom. The van der Waals surface area contributed by atoms with Crippen molar-refractivity contribution < 1.29 is 28.4 Å². The number of imide groups is 1. The van der Waals surface area contributed by atoms with Gasteiger partial charge in [-0.3, -0.25) is 9.69 Å². The average molecular weight is 421 g/mol. The summed E-state index contributed by atoms with van der Waals surface area (Å²) >= 11 is 0. The van der Waals surface area contributed by atoms with Crippen molar-refractivity contribution in [1.29, 1.82) is 0 Å². The molecule has 3 aromatic rings. The fraction of sp³-hybridized carbons (Fsp3) is 0.182. The van der Waals surface area contributed by atoms with Gasteiger partial charge in [-0.1, -0.05) is 35.5 Å². The number of carbonyl (C=O) groups excluding carboxylic acids is 3. The number of esters is 1. The number of benzene rings is 2. The number of nitrogens with zero attached hydrogens (tertiary/aromatic N) is 2. The lowest BCUT2D eigenvalue weighted by atomic mass is 10.1. The molecule has 0 atom stereocenters. The third kappa shape index (κ3) is 4.25. The minimum absolute atomic E-state index is 0.0177. The second-order valence-electron chi connectivity index (χ2n) is 6.75. The van der Waals surface area contributed by atoms with Gasteiger partial charge in [0.05, 0.1) is 25.8 Å². The molecule has 1 aromatic heterocycles. The van der Waals surface area contributed by atoms with Crippen molar-refractivity contribution in [3.8, 4) is 17.0 Å². The summed E-state index contributed by atoms with van der Waals surface area (Å²) in [6.07, 6.45) is 0. The first-order chi connectivity index (χ1) is 15.1. The minimum Gasteiger partial charge on any atom is -0.496 e. The van der Waals surface area contributed by atoms with E-state index < -0.39 is 12.0 Å². The van der Waals surface area contributed by atoms with Crippen LogP contribution >= 0.6 is 0 Å². The Morgan fingerprint density at radius 1 is 1.16 bits per heavy atom. The second kappa shape index (κ2) is 8.70. The summed E-state index contributed by atoms with van der Waals surface area (Å²) in [5.41, 5.74) is 2.08. The molecule has 0 unspecified atom stereocenters. The Labute approximate surface area is 177 Å². The molecule has 158 valence electrons. The third-order valence-electron chi connectivity index (χ3n) is 4.79. The molecule has 2 aromatic carbocycles. The predicted octanol–water partition coefficient (Wildman–Crippen LogP) is 2.76. The van der Waals surface area contributed by atoms with Crippen molar-refractivity contribution >= 4 is 17.9 Å². The van der Waals surface area contributed by atoms with Crippen LogP contribution in [-0.2, 0) is 22.7 Å². The molecule has 1 saturated heterocycles. The number of urea groups is 1. The Balaban J connectivity index is 1.45. The van der Waals surface area contributed by atoms with E-state index in [1.54, 1.807) is 37.4 Å². The molecule has 1 N–H and O–H groups in total. The van der Waals surface area contributed by atoms with Crippen molar-refractivity contribution in [2.75, 3.05) is 13.7 Å². The van der Waals surface area contributed by atoms with Gasteiger partial charge in [0.15, 0.2) is 12.4 Å². The second-order valence-corrected chi connectivity index (χ2v) is 6.75. The number of hydrogen-bond acceptors (Lipinski definition) is 7. The molecular formula is C22H19N3O6. The molecule has 31 heavy (non-hydrogen) atoms. The van der Waals surface area contributed by atoms with Crippen LogP contribution in [0.3, 0.4) is 0 Å². The first kappa shape index (κ1) is 20.1. The molecule has 1 aliphatic rings. The zero-order valence-corrected chi connectivity index (χ0v) is 16.7. The standard InChI is InChI=1S/C22H19N3O6/c1-29-19-9-5-4-8-17(19)18-10-15(31-24-18)13-30-21(27)16-7-3-2-6-14(16)12-25-20(26)11-23-22(25)28/h2-10H,11-13H2,1H3,(H,23,28). The van der Waals surface area contributed by atoms with Crippen molar-refractivity contribution in [3.63, 3.8) is 0 Å². The maximum Gasteiger partial charge on any atom is 0.338 e. The molecule has 1 aliphatic heterocycles. The number of nitrogens with one attached hydrogen (secondary N) is 1. The number of amides is 3. The lowest BCUT2D eigenvalue weighted by Crippen LogP contribution is -2.31. The van der Waals surface area contributed by atoms with Crippen LogP contribution in [0.4, 0.5) is 4.79 Å². The van der Waals surface area contributed by atoms with Crippen molar-refractivity contribution in [3.05, 3.63) is 71.5 Å². The van der Waals surface area contributed by atoms with Gasteiger partial charge in [-0.15, -0.1) is 0 Å². The van der Waals surface area contributed by atoms with Gasteiger partial charge in [-0.2, -0.15) is 0 Å². The Bertz CT molecular complexity index is 1120. The van der Waals surface area contributed by atoms with Gasteiger partial charge in [0.2, 0.25) is 5.91 Å². The van der Waals surface area contributed by atoms with Crippen LogP contribution in [-0.4, -0.2) is 41.6 Å². The molecule has 1 fully saturated rings. The molecule has 0 spiro atoms. The zero-order valence-electron chi connectivity index (χ0n) is 16.7. The molecule has 4 rings (SSSR count). The van der Waals surface area contributed by atoms with E-state index in [1.165, 1.54) is 0 Å². The van der Waals surface area contributed by atoms with Gasteiger partial charge in [0.1, 0.15) is 11.4 Å². The SMILES string of the molecule is COc1ccccc1-c1cc(COC(=O)c2ccccc2CN2C(=O)CNC2=O)on1. The molecule has 0 bridgehead atoms. The van der Waals surface area contributed by atoms with Crippen LogP contribution < -0.4 is 10.1 Å². The summed E-state index contributed by atoms with van der Waals surface area (Å²) in [5, 5.41) is 6.47. The number of aromatic nitrogens is 1. The summed E-state index contributed by atoms with van der Waals surface area (Å²) in [5.74, 6) is 0.0613. The molecule has 9 nitrogen and oxygen atoms in total. The Morgan fingerprint density at radius 2 is 1.94 bits per heavy atom. The number of methoxy groups -OCH3 is 1. The molecule has 9 heteroatoms. The van der Waals surface area contributed by atoms with E-state index in [-0.39, 0.29) is 31.2 Å². The van der Waals surface area contributed by atoms with E-state index in [2.05, 4.69) is 10.5 Å². The fourth-order valence-electron chi connectivity index (χ4n) is 3.22. The molecule has 0 radical (unpaired) electrons. The van der Waals surface area contributed by atoms with E-state index in [1.807, 2.05) is 24.3 Å². The van der Waals surface area contributed by atoms with Gasteiger partial charge in [-0.25, -0.2) is 9.59 Å². The summed E-state index contributed by atoms with van der Waals surface area (Å²) in [4.78, 5) is 37.3. The van der Waals surface area contributed by atoms with Crippen LogP contribution in [0.5, 0.6) is 5.75 Å². The van der Waals surface area contributed by atoms with Gasteiger partial charge in [0, 0.05) is 11.6 Å². The van der Waals surface area contributed by atoms with Gasteiger partial charge < -0.3 is 19.3 Å². The van der Waals surface area contributed by atoms with Crippen LogP contribution in [0.1, 0.15) is 21.7 Å². The van der Waals surface area contributed by atoms with E-state index in [9.17, 15) is 14.4 Å². The molecule has 0 aliphatic carbocycles. The third-order valence-corrected chi connectivity index (χ3v) is 4.79. The van der Waals surface area contributed by atoms with Gasteiger partial charge in [0.25, 0.3) is 0 Å². The minimum atomic E-state index is -0.599. The predicted molar refractivity (Wildman–Crippen MR) is 108 cm³/mol. The number of carbonyl (C=O) groups is 3. The van der Waals surface area contributed by atoms with Crippen molar-refractivity contribution in [2.24, 2.45) is 0 Å². The Kier molecular flexibility index (Phi) is 5.65. The molecular weight excluding hydrogens is 402 g/mol. The highest BCUT2D eigenvalue weighted by Gasteiger charge is 2.29. The Hall–Kier alpha value is -4.14. The maximum atomic E-state index is 12.6. The quantitative estimate of drug-likeness (QED) is 0.461. The van der Waals surface area contributed by atoms with E-state index in [0.717, 1.165) is 10.5 Å². The number of para-hydroxylation sites is 1. The lowest BCUT2D eigenvalue weighted by molar-refractivity contribution is -0.125. The average Bonchev–Trinajstić information content (AvgIpc) is 3.40. The van der Waals surface area contributed by atoms with Crippen LogP contribution in [0.25, 0.3) is 11.3 Å². The normalized spacial score (nSPS) is 13.3. The summed E-state index contributed by atoms with van der Waals surface area (Å²) in [6.45, 7) is -0.194. The molecule has 0 saturated carbocycles. The van der Waals surface area contributed by atoms with Crippen molar-refractivity contribution in [2.45, 2.75) is 13.2 Å². The molecule has 3 amide bonds. The summed E-state index contributed by atoms with van der Waals surface area (Å²) in [6, 6.07) is 15.2. The highest BCUT2D eigenvalue weighted by atomic mass is 16.5. The van der Waals surface area contributed by atoms with Crippen LogP contribution in [0, 0.1) is 0 Å².